The lowest BCUT2D eigenvalue weighted by Crippen LogP contribution is -2.24. The highest BCUT2D eigenvalue weighted by molar-refractivity contribution is 5.90. The van der Waals surface area contributed by atoms with Gasteiger partial charge in [-0.2, -0.15) is 0 Å². The molecule has 4 heteroatoms. The molecule has 0 heterocycles. The summed E-state index contributed by atoms with van der Waals surface area (Å²) in [7, 11) is 0. The second-order valence-electron chi connectivity index (χ2n) is 6.32. The Kier molecular flexibility index (Phi) is 6.61. The second kappa shape index (κ2) is 9.55. The zero-order valence-corrected chi connectivity index (χ0v) is 15.4. The van der Waals surface area contributed by atoms with Crippen LogP contribution in [0.5, 0.6) is 11.5 Å². The van der Waals surface area contributed by atoms with Crippen molar-refractivity contribution >= 4 is 11.6 Å². The summed E-state index contributed by atoms with van der Waals surface area (Å²) in [6.45, 7) is 2.72. The number of hydrogen-bond donors (Lipinski definition) is 2. The summed E-state index contributed by atoms with van der Waals surface area (Å²) in [4.78, 5) is 12.1. The Labute approximate surface area is 160 Å². The fourth-order valence-corrected chi connectivity index (χ4v) is 2.72. The van der Waals surface area contributed by atoms with Crippen molar-refractivity contribution in [3.63, 3.8) is 0 Å². The third-order valence-electron chi connectivity index (χ3n) is 4.22. The quantitative estimate of drug-likeness (QED) is 0.583. The van der Waals surface area contributed by atoms with Gasteiger partial charge in [-0.15, -0.1) is 0 Å². The number of hydrogen-bond acceptors (Lipinski definition) is 3. The Hall–Kier alpha value is -3.11. The van der Waals surface area contributed by atoms with Crippen molar-refractivity contribution in [2.45, 2.75) is 19.4 Å². The Morgan fingerprint density at radius 3 is 2.11 bits per heavy atom. The van der Waals surface area contributed by atoms with E-state index in [2.05, 4.69) is 29.7 Å². The first-order valence-corrected chi connectivity index (χ1v) is 9.12. The van der Waals surface area contributed by atoms with Crippen LogP contribution in [0.1, 0.15) is 24.9 Å². The van der Waals surface area contributed by atoms with Crippen molar-refractivity contribution in [3.8, 4) is 11.5 Å². The minimum absolute atomic E-state index is 0.0144. The minimum atomic E-state index is -0.0144. The number of amides is 1. The minimum Gasteiger partial charge on any atom is -0.457 e. The molecule has 0 saturated heterocycles. The average Bonchev–Trinajstić information content (AvgIpc) is 2.71. The van der Waals surface area contributed by atoms with Gasteiger partial charge in [0.25, 0.3) is 0 Å². The van der Waals surface area contributed by atoms with Gasteiger partial charge in [-0.3, -0.25) is 4.79 Å². The third kappa shape index (κ3) is 5.97. The van der Waals surface area contributed by atoms with E-state index in [9.17, 15) is 4.79 Å². The summed E-state index contributed by atoms with van der Waals surface area (Å²) in [5.41, 5.74) is 1.98. The fraction of sp³-hybridized carbons (Fsp3) is 0.174. The molecule has 27 heavy (non-hydrogen) atoms. The summed E-state index contributed by atoms with van der Waals surface area (Å²) in [6.07, 6.45) is 0.416. The van der Waals surface area contributed by atoms with Crippen LogP contribution in [0.2, 0.25) is 0 Å². The van der Waals surface area contributed by atoms with E-state index in [1.54, 1.807) is 0 Å². The lowest BCUT2D eigenvalue weighted by atomic mass is 10.1. The van der Waals surface area contributed by atoms with Gasteiger partial charge in [-0.1, -0.05) is 48.5 Å². The number of carbonyl (C=O) groups is 1. The maximum atomic E-state index is 12.1. The monoisotopic (exact) mass is 360 g/mol. The van der Waals surface area contributed by atoms with Crippen molar-refractivity contribution in [1.82, 2.24) is 5.32 Å². The molecule has 2 N–H and O–H groups in total. The lowest BCUT2D eigenvalue weighted by molar-refractivity contribution is -0.116. The summed E-state index contributed by atoms with van der Waals surface area (Å²) in [5, 5.41) is 6.28. The molecule has 138 valence electrons. The maximum Gasteiger partial charge on any atom is 0.225 e. The van der Waals surface area contributed by atoms with Gasteiger partial charge in [0.2, 0.25) is 5.91 Å². The Bertz CT molecular complexity index is 833. The fourth-order valence-electron chi connectivity index (χ4n) is 2.72. The van der Waals surface area contributed by atoms with E-state index >= 15 is 0 Å². The van der Waals surface area contributed by atoms with Gasteiger partial charge in [0, 0.05) is 24.7 Å². The third-order valence-corrected chi connectivity index (χ3v) is 4.22. The van der Waals surface area contributed by atoms with Crippen molar-refractivity contribution in [2.75, 3.05) is 11.9 Å². The molecule has 1 amide bonds. The predicted octanol–water partition coefficient (Wildman–Crippen LogP) is 5.16. The molecule has 1 unspecified atom stereocenters. The smallest absolute Gasteiger partial charge is 0.225 e. The van der Waals surface area contributed by atoms with Gasteiger partial charge in [0.05, 0.1) is 0 Å². The Morgan fingerprint density at radius 1 is 0.852 bits per heavy atom. The van der Waals surface area contributed by atoms with Crippen LogP contribution in [0, 0.1) is 0 Å². The van der Waals surface area contributed by atoms with Gasteiger partial charge in [-0.25, -0.2) is 0 Å². The molecule has 3 rings (SSSR count). The zero-order chi connectivity index (χ0) is 18.9. The number of para-hydroxylation sites is 1. The molecule has 1 atom stereocenters. The first kappa shape index (κ1) is 18.7. The molecule has 0 aromatic heterocycles. The van der Waals surface area contributed by atoms with Crippen molar-refractivity contribution in [2.24, 2.45) is 0 Å². The highest BCUT2D eigenvalue weighted by Crippen LogP contribution is 2.22. The SMILES string of the molecule is CC(NCCC(=O)Nc1ccc(Oc2ccccc2)cc1)c1ccccc1. The van der Waals surface area contributed by atoms with Crippen LogP contribution < -0.4 is 15.4 Å². The number of nitrogens with one attached hydrogen (secondary N) is 2. The zero-order valence-electron chi connectivity index (χ0n) is 15.4. The Morgan fingerprint density at radius 2 is 1.44 bits per heavy atom. The maximum absolute atomic E-state index is 12.1. The van der Waals surface area contributed by atoms with Crippen molar-refractivity contribution < 1.29 is 9.53 Å². The van der Waals surface area contributed by atoms with E-state index in [1.165, 1.54) is 5.56 Å². The average molecular weight is 360 g/mol. The molecule has 4 nitrogen and oxygen atoms in total. The molecule has 0 saturated carbocycles. The van der Waals surface area contributed by atoms with Crippen molar-refractivity contribution in [1.29, 1.82) is 0 Å². The number of rotatable bonds is 8. The summed E-state index contributed by atoms with van der Waals surface area (Å²) >= 11 is 0. The van der Waals surface area contributed by atoms with Crippen LogP contribution in [0.25, 0.3) is 0 Å². The summed E-state index contributed by atoms with van der Waals surface area (Å²) in [5.74, 6) is 1.50. The van der Waals surface area contributed by atoms with Crippen LogP contribution in [0.3, 0.4) is 0 Å². The Balaban J connectivity index is 1.42. The molecule has 0 fully saturated rings. The summed E-state index contributed by atoms with van der Waals surface area (Å²) < 4.78 is 5.75. The van der Waals surface area contributed by atoms with E-state index in [4.69, 9.17) is 4.74 Å². The first-order valence-electron chi connectivity index (χ1n) is 9.12. The van der Waals surface area contributed by atoms with E-state index in [0.29, 0.717) is 13.0 Å². The molecule has 0 aliphatic heterocycles. The van der Waals surface area contributed by atoms with Crippen LogP contribution in [0.15, 0.2) is 84.9 Å². The molecule has 3 aromatic rings. The molecule has 0 spiro atoms. The van der Waals surface area contributed by atoms with E-state index < -0.39 is 0 Å². The lowest BCUT2D eigenvalue weighted by Gasteiger charge is -2.14. The van der Waals surface area contributed by atoms with Crippen LogP contribution in [-0.2, 0) is 4.79 Å². The van der Waals surface area contributed by atoms with E-state index in [0.717, 1.165) is 17.2 Å². The molecule has 3 aromatic carbocycles. The van der Waals surface area contributed by atoms with Gasteiger partial charge < -0.3 is 15.4 Å². The second-order valence-corrected chi connectivity index (χ2v) is 6.32. The molecular formula is C23H24N2O2. The molecule has 0 bridgehead atoms. The van der Waals surface area contributed by atoms with Gasteiger partial charge >= 0.3 is 0 Å². The summed E-state index contributed by atoms with van der Waals surface area (Å²) in [6, 6.07) is 27.4. The molecule has 0 aliphatic rings. The number of ether oxygens (including phenoxy) is 1. The molecule has 0 aliphatic carbocycles. The van der Waals surface area contributed by atoms with Gasteiger partial charge in [0.15, 0.2) is 0 Å². The normalized spacial score (nSPS) is 11.6. The van der Waals surface area contributed by atoms with Crippen LogP contribution in [0.4, 0.5) is 5.69 Å². The molecule has 0 radical (unpaired) electrons. The van der Waals surface area contributed by atoms with Crippen molar-refractivity contribution in [3.05, 3.63) is 90.5 Å². The van der Waals surface area contributed by atoms with Crippen LogP contribution in [-0.4, -0.2) is 12.5 Å². The van der Waals surface area contributed by atoms with Gasteiger partial charge in [-0.05, 0) is 48.9 Å². The standard InChI is InChI=1S/C23H24N2O2/c1-18(19-8-4-2-5-9-19)24-17-16-23(26)25-20-12-14-22(15-13-20)27-21-10-6-3-7-11-21/h2-15,18,24H,16-17H2,1H3,(H,25,26). The highest BCUT2D eigenvalue weighted by Gasteiger charge is 2.06. The number of benzene rings is 3. The predicted molar refractivity (Wildman–Crippen MR) is 109 cm³/mol. The van der Waals surface area contributed by atoms with E-state index in [1.807, 2.05) is 72.8 Å². The number of carbonyl (C=O) groups excluding carboxylic acids is 1. The number of anilines is 1. The van der Waals surface area contributed by atoms with Gasteiger partial charge in [0.1, 0.15) is 11.5 Å². The molecular weight excluding hydrogens is 336 g/mol. The first-order chi connectivity index (χ1) is 13.2. The van der Waals surface area contributed by atoms with E-state index in [-0.39, 0.29) is 11.9 Å². The highest BCUT2D eigenvalue weighted by atomic mass is 16.5. The topological polar surface area (TPSA) is 50.4 Å². The largest absolute Gasteiger partial charge is 0.457 e. The van der Waals surface area contributed by atoms with Crippen LogP contribution >= 0.6 is 0 Å².